The predicted octanol–water partition coefficient (Wildman–Crippen LogP) is 5.91. The SMILES string of the molecule is Cc1c(C(=O)NCc2cccc(C(F)(F)F)c2)nn(-c2ccccc2)c1Oc1ccc([N+](=O)[O-])cc1S(=O)(=O)NC(C)(C)C. The number of nitro benzene ring substituents is 1. The number of amides is 1. The van der Waals surface area contributed by atoms with Crippen LogP contribution in [0.2, 0.25) is 0 Å². The van der Waals surface area contributed by atoms with Crippen LogP contribution in [0.25, 0.3) is 5.69 Å². The van der Waals surface area contributed by atoms with E-state index < -0.39 is 48.7 Å². The molecule has 0 bridgehead atoms. The number of carbonyl (C=O) groups excluding carboxylic acids is 1. The minimum atomic E-state index is -4.55. The van der Waals surface area contributed by atoms with Crippen LogP contribution in [-0.2, 0) is 22.7 Å². The fraction of sp³-hybridized carbons (Fsp3) is 0.241. The van der Waals surface area contributed by atoms with E-state index in [1.807, 2.05) is 0 Å². The topological polar surface area (TPSA) is 145 Å². The lowest BCUT2D eigenvalue weighted by atomic mass is 10.1. The summed E-state index contributed by atoms with van der Waals surface area (Å²) in [5.74, 6) is -1.07. The molecule has 1 heterocycles. The van der Waals surface area contributed by atoms with Crippen molar-refractivity contribution in [3.05, 3.63) is 105 Å². The second kappa shape index (κ2) is 12.1. The summed E-state index contributed by atoms with van der Waals surface area (Å²) in [5.41, 5.74) is -1.63. The maximum Gasteiger partial charge on any atom is 0.416 e. The van der Waals surface area contributed by atoms with E-state index in [1.165, 1.54) is 23.7 Å². The standard InChI is InChI=1S/C29H28F3N5O6S/c1-18-25(26(38)33-17-19-9-8-10-20(15-19)29(30,31)32)34-36(21-11-6-5-7-12-21)27(18)43-23-14-13-22(37(39)40)16-24(23)44(41,42)35-28(2,3)4/h5-16,35H,17H2,1-4H3,(H,33,38). The Morgan fingerprint density at radius 3 is 2.32 bits per heavy atom. The fourth-order valence-corrected chi connectivity index (χ4v) is 5.72. The van der Waals surface area contributed by atoms with Gasteiger partial charge in [-0.2, -0.15) is 23.0 Å². The van der Waals surface area contributed by atoms with Gasteiger partial charge in [0.2, 0.25) is 15.9 Å². The van der Waals surface area contributed by atoms with E-state index >= 15 is 0 Å². The molecule has 44 heavy (non-hydrogen) atoms. The summed E-state index contributed by atoms with van der Waals surface area (Å²) in [5, 5.41) is 18.4. The molecule has 4 aromatic rings. The van der Waals surface area contributed by atoms with Crippen LogP contribution in [0, 0.1) is 17.0 Å². The first-order valence-electron chi connectivity index (χ1n) is 13.1. The molecule has 0 atom stereocenters. The van der Waals surface area contributed by atoms with Crippen molar-refractivity contribution in [2.75, 3.05) is 0 Å². The predicted molar refractivity (Wildman–Crippen MR) is 154 cm³/mol. The molecule has 0 fully saturated rings. The number of hydrogen-bond acceptors (Lipinski definition) is 7. The van der Waals surface area contributed by atoms with E-state index in [2.05, 4.69) is 15.1 Å². The number of hydrogen-bond donors (Lipinski definition) is 2. The van der Waals surface area contributed by atoms with Crippen LogP contribution < -0.4 is 14.8 Å². The molecule has 2 N–H and O–H groups in total. The second-order valence-electron chi connectivity index (χ2n) is 10.8. The van der Waals surface area contributed by atoms with Gasteiger partial charge in [-0.15, -0.1) is 0 Å². The number of non-ortho nitro benzene ring substituents is 1. The van der Waals surface area contributed by atoms with E-state index in [9.17, 15) is 36.5 Å². The summed E-state index contributed by atoms with van der Waals surface area (Å²) in [7, 11) is -4.35. The quantitative estimate of drug-likeness (QED) is 0.173. The minimum absolute atomic E-state index is 0.0681. The number of ether oxygens (including phenoxy) is 1. The van der Waals surface area contributed by atoms with Crippen molar-refractivity contribution < 1.29 is 36.0 Å². The maximum absolute atomic E-state index is 13.3. The summed E-state index contributed by atoms with van der Waals surface area (Å²) in [6.07, 6.45) is -4.55. The summed E-state index contributed by atoms with van der Waals surface area (Å²) < 4.78 is 75.8. The molecule has 0 unspecified atom stereocenters. The number of nitro groups is 1. The molecular formula is C29H28F3N5O6S. The number of para-hydroxylation sites is 1. The zero-order valence-corrected chi connectivity index (χ0v) is 24.8. The lowest BCUT2D eigenvalue weighted by Gasteiger charge is -2.21. The van der Waals surface area contributed by atoms with Gasteiger partial charge in [0.25, 0.3) is 11.6 Å². The van der Waals surface area contributed by atoms with Gasteiger partial charge in [0, 0.05) is 29.8 Å². The molecule has 1 aromatic heterocycles. The third kappa shape index (κ3) is 7.41. The van der Waals surface area contributed by atoms with Crippen LogP contribution in [0.4, 0.5) is 18.9 Å². The Labute approximate surface area is 250 Å². The normalized spacial score (nSPS) is 12.2. The highest BCUT2D eigenvalue weighted by molar-refractivity contribution is 7.89. The van der Waals surface area contributed by atoms with Crippen molar-refractivity contribution in [2.45, 2.75) is 50.9 Å². The van der Waals surface area contributed by atoms with Gasteiger partial charge in [-0.3, -0.25) is 14.9 Å². The van der Waals surface area contributed by atoms with E-state index in [-0.39, 0.29) is 35.0 Å². The van der Waals surface area contributed by atoms with Gasteiger partial charge in [0.15, 0.2) is 5.69 Å². The maximum atomic E-state index is 13.3. The van der Waals surface area contributed by atoms with E-state index in [0.717, 1.165) is 30.3 Å². The van der Waals surface area contributed by atoms with Gasteiger partial charge in [-0.05, 0) is 63.6 Å². The average molecular weight is 632 g/mol. The fourth-order valence-electron chi connectivity index (χ4n) is 4.15. The summed E-state index contributed by atoms with van der Waals surface area (Å²) >= 11 is 0. The lowest BCUT2D eigenvalue weighted by molar-refractivity contribution is -0.385. The van der Waals surface area contributed by atoms with Gasteiger partial charge in [-0.25, -0.2) is 13.1 Å². The Morgan fingerprint density at radius 1 is 1.02 bits per heavy atom. The molecule has 4 rings (SSSR count). The highest BCUT2D eigenvalue weighted by atomic mass is 32.2. The van der Waals surface area contributed by atoms with Gasteiger partial charge in [-0.1, -0.05) is 30.3 Å². The third-order valence-electron chi connectivity index (χ3n) is 6.07. The molecule has 0 saturated carbocycles. The summed E-state index contributed by atoms with van der Waals surface area (Å²) in [4.78, 5) is 23.4. The van der Waals surface area contributed by atoms with Crippen LogP contribution in [0.1, 0.15) is 48.0 Å². The smallest absolute Gasteiger partial charge is 0.416 e. The monoisotopic (exact) mass is 631 g/mol. The summed E-state index contributed by atoms with van der Waals surface area (Å²) in [6, 6.07) is 16.0. The number of nitrogens with zero attached hydrogens (tertiary/aromatic N) is 3. The first kappa shape index (κ1) is 32.2. The molecule has 232 valence electrons. The highest BCUT2D eigenvalue weighted by Crippen LogP contribution is 2.36. The zero-order chi connectivity index (χ0) is 32.4. The molecule has 3 aromatic carbocycles. The van der Waals surface area contributed by atoms with E-state index in [1.54, 1.807) is 51.1 Å². The Balaban J connectivity index is 1.76. The average Bonchev–Trinajstić information content (AvgIpc) is 3.26. The number of rotatable bonds is 9. The van der Waals surface area contributed by atoms with Crippen LogP contribution in [0.15, 0.2) is 77.7 Å². The Hall–Kier alpha value is -4.76. The number of sulfonamides is 1. The lowest BCUT2D eigenvalue weighted by Crippen LogP contribution is -2.40. The van der Waals surface area contributed by atoms with Crippen molar-refractivity contribution in [2.24, 2.45) is 0 Å². The molecule has 0 radical (unpaired) electrons. The van der Waals surface area contributed by atoms with Crippen LogP contribution in [0.5, 0.6) is 11.6 Å². The van der Waals surface area contributed by atoms with E-state index in [0.29, 0.717) is 5.69 Å². The molecule has 11 nitrogen and oxygen atoms in total. The molecule has 15 heteroatoms. The van der Waals surface area contributed by atoms with Gasteiger partial charge >= 0.3 is 6.18 Å². The molecule has 0 aliphatic rings. The van der Waals surface area contributed by atoms with Crippen LogP contribution in [-0.4, -0.2) is 34.6 Å². The van der Waals surface area contributed by atoms with Crippen molar-refractivity contribution >= 4 is 21.6 Å². The Bertz CT molecular complexity index is 1820. The van der Waals surface area contributed by atoms with Crippen molar-refractivity contribution in [1.82, 2.24) is 19.8 Å². The van der Waals surface area contributed by atoms with Crippen LogP contribution in [0.3, 0.4) is 0 Å². The van der Waals surface area contributed by atoms with Gasteiger partial charge in [0.1, 0.15) is 10.6 Å². The molecule has 1 amide bonds. The van der Waals surface area contributed by atoms with Crippen molar-refractivity contribution in [3.63, 3.8) is 0 Å². The second-order valence-corrected chi connectivity index (χ2v) is 12.4. The highest BCUT2D eigenvalue weighted by Gasteiger charge is 2.31. The third-order valence-corrected chi connectivity index (χ3v) is 7.85. The van der Waals surface area contributed by atoms with Gasteiger partial charge in [0.05, 0.1) is 16.2 Å². The number of carbonyl (C=O) groups is 1. The first-order valence-corrected chi connectivity index (χ1v) is 14.5. The molecule has 0 aliphatic carbocycles. The van der Waals surface area contributed by atoms with Crippen molar-refractivity contribution in [1.29, 1.82) is 0 Å². The first-order chi connectivity index (χ1) is 20.5. The number of alkyl halides is 3. The Morgan fingerprint density at radius 2 is 1.70 bits per heavy atom. The molecule has 0 saturated heterocycles. The van der Waals surface area contributed by atoms with Crippen LogP contribution >= 0.6 is 0 Å². The minimum Gasteiger partial charge on any atom is -0.437 e. The molecule has 0 aliphatic heterocycles. The molecule has 0 spiro atoms. The van der Waals surface area contributed by atoms with Gasteiger partial charge < -0.3 is 10.1 Å². The number of aromatic nitrogens is 2. The van der Waals surface area contributed by atoms with Crippen molar-refractivity contribution in [3.8, 4) is 17.3 Å². The summed E-state index contributed by atoms with van der Waals surface area (Å²) in [6.45, 7) is 6.05. The van der Waals surface area contributed by atoms with E-state index in [4.69, 9.17) is 4.74 Å². The zero-order valence-electron chi connectivity index (χ0n) is 24.0. The molecular weight excluding hydrogens is 603 g/mol. The number of halogens is 3. The number of benzene rings is 3. The Kier molecular flexibility index (Phi) is 8.83. The number of nitrogens with one attached hydrogen (secondary N) is 2. The largest absolute Gasteiger partial charge is 0.437 e.